The topological polar surface area (TPSA) is 106 Å². The van der Waals surface area contributed by atoms with Crippen molar-refractivity contribution in [2.24, 2.45) is 0 Å². The molecule has 0 saturated carbocycles. The number of likely N-dealkylation sites (tertiary alicyclic amines) is 1. The first-order chi connectivity index (χ1) is 20.3. The van der Waals surface area contributed by atoms with E-state index in [-0.39, 0.29) is 42.9 Å². The van der Waals surface area contributed by atoms with Crippen LogP contribution in [0.1, 0.15) is 43.2 Å². The molecule has 0 N–H and O–H groups in total. The number of methoxy groups -OCH3 is 1. The summed E-state index contributed by atoms with van der Waals surface area (Å²) in [6, 6.07) is 13.2. The number of halogens is 1. The maximum atomic E-state index is 13.2. The van der Waals surface area contributed by atoms with Gasteiger partial charge in [0.2, 0.25) is 15.9 Å². The van der Waals surface area contributed by atoms with E-state index in [1.54, 1.807) is 18.1 Å². The molecule has 0 unspecified atom stereocenters. The summed E-state index contributed by atoms with van der Waals surface area (Å²) in [6.07, 6.45) is 2.74. The molecule has 2 saturated heterocycles. The number of piperidine rings is 2. The molecule has 0 spiro atoms. The normalized spacial score (nSPS) is 18.9. The third-order valence-corrected chi connectivity index (χ3v) is 10.4. The van der Waals surface area contributed by atoms with Crippen LogP contribution in [0.2, 0.25) is 0 Å². The number of fused-ring (bicyclic) bond motifs is 1. The minimum Gasteiger partial charge on any atom is -0.496 e. The lowest BCUT2D eigenvalue weighted by Crippen LogP contribution is -2.50. The lowest BCUT2D eigenvalue weighted by molar-refractivity contribution is -0.131. The second-order valence-electron chi connectivity index (χ2n) is 10.9. The summed E-state index contributed by atoms with van der Waals surface area (Å²) in [6.45, 7) is 2.23. The van der Waals surface area contributed by atoms with Crippen LogP contribution in [0, 0.1) is 0 Å². The Morgan fingerprint density at radius 1 is 1.05 bits per heavy atom. The molecule has 2 aromatic carbocycles. The third-order valence-electron chi connectivity index (χ3n) is 8.21. The van der Waals surface area contributed by atoms with E-state index in [4.69, 9.17) is 25.8 Å². The lowest BCUT2D eigenvalue weighted by Gasteiger charge is -2.40. The first-order valence-electron chi connectivity index (χ1n) is 14.5. The van der Waals surface area contributed by atoms with Crippen LogP contribution in [0.3, 0.4) is 0 Å². The second kappa shape index (κ2) is 13.5. The zero-order valence-electron chi connectivity index (χ0n) is 23.9. The smallest absolute Gasteiger partial charge is 0.414 e. The van der Waals surface area contributed by atoms with Crippen LogP contribution in [0.15, 0.2) is 42.5 Å². The number of nitrogens with zero attached hydrogens (tertiary/aromatic N) is 3. The quantitative estimate of drug-likeness (QED) is 0.367. The Kier molecular flexibility index (Phi) is 9.80. The van der Waals surface area contributed by atoms with E-state index in [1.807, 2.05) is 41.3 Å². The first kappa shape index (κ1) is 30.4. The molecule has 3 heterocycles. The molecular weight excluding hydrogens is 582 g/mol. The van der Waals surface area contributed by atoms with E-state index in [2.05, 4.69) is 0 Å². The Balaban J connectivity index is 1.13. The summed E-state index contributed by atoms with van der Waals surface area (Å²) >= 11 is 5.66. The number of anilines is 1. The number of amides is 2. The molecule has 5 rings (SSSR count). The maximum Gasteiger partial charge on any atom is 0.414 e. The molecule has 0 radical (unpaired) electrons. The maximum absolute atomic E-state index is 13.2. The van der Waals surface area contributed by atoms with Crippen molar-refractivity contribution in [3.8, 4) is 11.5 Å². The number of ether oxygens (including phenoxy) is 3. The predicted molar refractivity (Wildman–Crippen MR) is 160 cm³/mol. The Bertz CT molecular complexity index is 1370. The average molecular weight is 620 g/mol. The molecule has 0 bridgehead atoms. The van der Waals surface area contributed by atoms with Crippen LogP contribution >= 0.6 is 11.6 Å². The molecule has 228 valence electrons. The summed E-state index contributed by atoms with van der Waals surface area (Å²) in [7, 11) is -1.72. The molecule has 2 fully saturated rings. The molecular formula is C30H38ClN3O7S. The number of sulfonamides is 1. The monoisotopic (exact) mass is 619 g/mol. The summed E-state index contributed by atoms with van der Waals surface area (Å²) in [5.41, 5.74) is 2.65. The number of alkyl halides is 1. The van der Waals surface area contributed by atoms with Gasteiger partial charge in [-0.1, -0.05) is 24.3 Å². The molecule has 2 aromatic rings. The van der Waals surface area contributed by atoms with Gasteiger partial charge in [0.25, 0.3) is 0 Å². The number of rotatable bonds is 10. The molecule has 42 heavy (non-hydrogen) atoms. The Hall–Kier alpha value is -3.02. The highest BCUT2D eigenvalue weighted by Crippen LogP contribution is 2.33. The number of carbonyl (C=O) groups excluding carboxylic acids is 2. The van der Waals surface area contributed by atoms with Gasteiger partial charge in [-0.25, -0.2) is 17.5 Å². The summed E-state index contributed by atoms with van der Waals surface area (Å²) in [5, 5.41) is 0. The largest absolute Gasteiger partial charge is 0.496 e. The highest BCUT2D eigenvalue weighted by molar-refractivity contribution is 7.89. The van der Waals surface area contributed by atoms with E-state index in [0.29, 0.717) is 75.7 Å². The Morgan fingerprint density at radius 2 is 1.79 bits per heavy atom. The van der Waals surface area contributed by atoms with Gasteiger partial charge in [0.1, 0.15) is 24.2 Å². The van der Waals surface area contributed by atoms with Crippen molar-refractivity contribution in [2.75, 3.05) is 49.8 Å². The highest BCUT2D eigenvalue weighted by atomic mass is 35.5. The predicted octanol–water partition coefficient (Wildman–Crippen LogP) is 4.19. The standard InChI is InChI=1S/C30H38ClN3O7S/c1-39-28-20-26(41-25-11-16-33(17-12-25)42(37,38)18-4-13-31)8-7-22(28)19-29(35)32-14-9-24(10-15-32)34-27-6-3-2-5-23(27)21-40-30(34)36/h2-3,5-8,20,24-25H,4,9-19,21H2,1H3. The number of para-hydroxylation sites is 1. The fourth-order valence-electron chi connectivity index (χ4n) is 5.90. The van der Waals surface area contributed by atoms with Crippen LogP contribution in [-0.4, -0.2) is 86.7 Å². The number of benzene rings is 2. The first-order valence-corrected chi connectivity index (χ1v) is 16.6. The summed E-state index contributed by atoms with van der Waals surface area (Å²) in [4.78, 5) is 29.4. The number of hydrogen-bond acceptors (Lipinski definition) is 7. The molecule has 10 nitrogen and oxygen atoms in total. The van der Waals surface area contributed by atoms with Gasteiger partial charge in [-0.05, 0) is 44.2 Å². The van der Waals surface area contributed by atoms with E-state index >= 15 is 0 Å². The Morgan fingerprint density at radius 3 is 2.50 bits per heavy atom. The number of cyclic esters (lactones) is 1. The van der Waals surface area contributed by atoms with Crippen LogP contribution in [0.4, 0.5) is 10.5 Å². The van der Waals surface area contributed by atoms with E-state index in [9.17, 15) is 18.0 Å². The van der Waals surface area contributed by atoms with Crippen molar-refractivity contribution in [2.45, 2.75) is 57.3 Å². The van der Waals surface area contributed by atoms with Gasteiger partial charge in [-0.3, -0.25) is 9.69 Å². The fraction of sp³-hybridized carbons (Fsp3) is 0.533. The van der Waals surface area contributed by atoms with Crippen molar-refractivity contribution in [3.63, 3.8) is 0 Å². The zero-order chi connectivity index (χ0) is 29.7. The van der Waals surface area contributed by atoms with Gasteiger partial charge in [0.05, 0.1) is 25.0 Å². The van der Waals surface area contributed by atoms with Crippen LogP contribution < -0.4 is 14.4 Å². The summed E-state index contributed by atoms with van der Waals surface area (Å²) in [5.74, 6) is 1.60. The zero-order valence-corrected chi connectivity index (χ0v) is 25.4. The minimum absolute atomic E-state index is 0.00443. The van der Waals surface area contributed by atoms with Gasteiger partial charge in [-0.2, -0.15) is 0 Å². The van der Waals surface area contributed by atoms with Crippen molar-refractivity contribution >= 4 is 39.3 Å². The molecule has 3 aliphatic heterocycles. The van der Waals surface area contributed by atoms with Gasteiger partial charge in [-0.15, -0.1) is 11.6 Å². The highest BCUT2D eigenvalue weighted by Gasteiger charge is 2.35. The van der Waals surface area contributed by atoms with E-state index in [1.165, 1.54) is 4.31 Å². The van der Waals surface area contributed by atoms with Crippen molar-refractivity contribution in [1.29, 1.82) is 0 Å². The molecule has 12 heteroatoms. The van der Waals surface area contributed by atoms with E-state index in [0.717, 1.165) is 16.8 Å². The number of carbonyl (C=O) groups is 2. The van der Waals surface area contributed by atoms with Crippen molar-refractivity contribution < 1.29 is 32.2 Å². The Labute approximate surface area is 252 Å². The van der Waals surface area contributed by atoms with Crippen molar-refractivity contribution in [3.05, 3.63) is 53.6 Å². The SMILES string of the molecule is COc1cc(OC2CCN(S(=O)(=O)CCCCl)CC2)ccc1CC(=O)N1CCC(N2C(=O)OCc3ccccc32)CC1. The summed E-state index contributed by atoms with van der Waals surface area (Å²) < 4.78 is 43.5. The van der Waals surface area contributed by atoms with E-state index < -0.39 is 10.0 Å². The van der Waals surface area contributed by atoms with Crippen LogP contribution in [-0.2, 0) is 32.6 Å². The fourth-order valence-corrected chi connectivity index (χ4v) is 7.73. The second-order valence-corrected chi connectivity index (χ2v) is 13.4. The van der Waals surface area contributed by atoms with Gasteiger partial charge >= 0.3 is 6.09 Å². The molecule has 2 amide bonds. The van der Waals surface area contributed by atoms with Gasteiger partial charge < -0.3 is 19.1 Å². The van der Waals surface area contributed by atoms with Gasteiger partial charge in [0.15, 0.2) is 0 Å². The lowest BCUT2D eigenvalue weighted by atomic mass is 10.00. The minimum atomic E-state index is -3.29. The van der Waals surface area contributed by atoms with Crippen LogP contribution in [0.5, 0.6) is 11.5 Å². The molecule has 0 aliphatic carbocycles. The average Bonchev–Trinajstić information content (AvgIpc) is 3.01. The van der Waals surface area contributed by atoms with Gasteiger partial charge in [0, 0.05) is 55.3 Å². The molecule has 0 aromatic heterocycles. The molecule has 3 aliphatic rings. The third kappa shape index (κ3) is 6.95. The van der Waals surface area contributed by atoms with Crippen LogP contribution in [0.25, 0.3) is 0 Å². The number of hydrogen-bond donors (Lipinski definition) is 0. The van der Waals surface area contributed by atoms with Crippen molar-refractivity contribution in [1.82, 2.24) is 9.21 Å². The molecule has 0 atom stereocenters.